The molecule has 0 spiro atoms. The molecule has 1 rings (SSSR count). The molecule has 0 aromatic heterocycles. The van der Waals surface area contributed by atoms with Crippen molar-refractivity contribution in [2.24, 2.45) is 23.5 Å². The summed E-state index contributed by atoms with van der Waals surface area (Å²) in [5.74, 6) is 1.58. The van der Waals surface area contributed by atoms with Crippen molar-refractivity contribution in [3.05, 3.63) is 0 Å². The Bertz CT molecular complexity index is 353. The van der Waals surface area contributed by atoms with Crippen LogP contribution < -0.4 is 16.4 Å². The monoisotopic (exact) mass is 327 g/mol. The molecule has 3 unspecified atom stereocenters. The summed E-state index contributed by atoms with van der Waals surface area (Å²) < 4.78 is 5.32. The van der Waals surface area contributed by atoms with Gasteiger partial charge < -0.3 is 21.1 Å². The number of ether oxygens (including phenoxy) is 1. The quantitative estimate of drug-likeness (QED) is 0.672. The molecular weight excluding hydrogens is 290 g/mol. The van der Waals surface area contributed by atoms with Gasteiger partial charge in [0.1, 0.15) is 5.60 Å². The van der Waals surface area contributed by atoms with Crippen molar-refractivity contribution in [3.8, 4) is 0 Å². The lowest BCUT2D eigenvalue weighted by molar-refractivity contribution is 0.0510. The molecule has 23 heavy (non-hydrogen) atoms. The van der Waals surface area contributed by atoms with Gasteiger partial charge in [0.2, 0.25) is 0 Å². The van der Waals surface area contributed by atoms with Crippen LogP contribution in [0.2, 0.25) is 0 Å². The van der Waals surface area contributed by atoms with Gasteiger partial charge in [0.05, 0.1) is 0 Å². The maximum absolute atomic E-state index is 11.8. The van der Waals surface area contributed by atoms with Crippen LogP contribution in [0.4, 0.5) is 4.79 Å². The summed E-state index contributed by atoms with van der Waals surface area (Å²) in [5, 5.41) is 6.64. The van der Waals surface area contributed by atoms with Crippen LogP contribution in [0, 0.1) is 17.8 Å². The molecule has 0 radical (unpaired) electrons. The van der Waals surface area contributed by atoms with Crippen LogP contribution in [-0.2, 0) is 4.74 Å². The second-order valence-electron chi connectivity index (χ2n) is 8.18. The van der Waals surface area contributed by atoms with Gasteiger partial charge in [-0.15, -0.1) is 0 Å². The molecule has 0 aromatic rings. The number of rotatable bonds is 7. The average molecular weight is 328 g/mol. The first-order valence-electron chi connectivity index (χ1n) is 9.13. The summed E-state index contributed by atoms with van der Waals surface area (Å²) in [7, 11) is 0. The number of hydrogen-bond donors (Lipinski definition) is 3. The van der Waals surface area contributed by atoms with Crippen LogP contribution in [0.25, 0.3) is 0 Å². The Morgan fingerprint density at radius 1 is 1.26 bits per heavy atom. The van der Waals surface area contributed by atoms with E-state index in [0.717, 1.165) is 19.5 Å². The van der Waals surface area contributed by atoms with Crippen LogP contribution in [-0.4, -0.2) is 37.4 Å². The molecule has 1 aliphatic carbocycles. The maximum atomic E-state index is 11.8. The molecule has 1 amide bonds. The smallest absolute Gasteiger partial charge is 0.407 e. The summed E-state index contributed by atoms with van der Waals surface area (Å²) in [6.45, 7) is 12.5. The molecule has 3 atom stereocenters. The number of carbonyl (C=O) groups is 1. The highest BCUT2D eigenvalue weighted by Crippen LogP contribution is 2.24. The number of nitrogens with one attached hydrogen (secondary N) is 2. The zero-order valence-corrected chi connectivity index (χ0v) is 15.7. The highest BCUT2D eigenvalue weighted by molar-refractivity contribution is 5.67. The van der Waals surface area contributed by atoms with Crippen molar-refractivity contribution >= 4 is 6.09 Å². The molecule has 0 saturated heterocycles. The Morgan fingerprint density at radius 2 is 1.91 bits per heavy atom. The van der Waals surface area contributed by atoms with Crippen molar-refractivity contribution in [3.63, 3.8) is 0 Å². The van der Waals surface area contributed by atoms with Crippen LogP contribution in [0.3, 0.4) is 0 Å². The van der Waals surface area contributed by atoms with E-state index in [1.807, 2.05) is 20.8 Å². The number of amides is 1. The summed E-state index contributed by atoms with van der Waals surface area (Å²) in [6.07, 6.45) is 4.51. The van der Waals surface area contributed by atoms with Gasteiger partial charge in [-0.25, -0.2) is 4.79 Å². The van der Waals surface area contributed by atoms with Crippen molar-refractivity contribution in [2.75, 3.05) is 19.6 Å². The molecule has 4 N–H and O–H groups in total. The Balaban J connectivity index is 2.43. The largest absolute Gasteiger partial charge is 0.444 e. The van der Waals surface area contributed by atoms with E-state index in [2.05, 4.69) is 24.5 Å². The van der Waals surface area contributed by atoms with Crippen molar-refractivity contribution < 1.29 is 9.53 Å². The van der Waals surface area contributed by atoms with E-state index >= 15 is 0 Å². The number of carbonyl (C=O) groups excluding carboxylic acids is 1. The number of alkyl carbamates (subject to hydrolysis) is 1. The Kier molecular flexibility index (Phi) is 8.34. The summed E-state index contributed by atoms with van der Waals surface area (Å²) >= 11 is 0. The normalized spacial score (nSPS) is 23.6. The van der Waals surface area contributed by atoms with E-state index < -0.39 is 5.60 Å². The van der Waals surface area contributed by atoms with Gasteiger partial charge in [-0.3, -0.25) is 0 Å². The molecule has 136 valence electrons. The fourth-order valence-electron chi connectivity index (χ4n) is 3.14. The third-order valence-electron chi connectivity index (χ3n) is 4.70. The zero-order chi connectivity index (χ0) is 17.5. The van der Waals surface area contributed by atoms with Gasteiger partial charge in [-0.2, -0.15) is 0 Å². The van der Waals surface area contributed by atoms with Gasteiger partial charge in [-0.1, -0.05) is 26.7 Å². The highest BCUT2D eigenvalue weighted by atomic mass is 16.6. The molecular formula is C18H37N3O2. The van der Waals surface area contributed by atoms with Crippen molar-refractivity contribution in [2.45, 2.75) is 71.9 Å². The molecule has 0 heterocycles. The highest BCUT2D eigenvalue weighted by Gasteiger charge is 2.27. The van der Waals surface area contributed by atoms with Gasteiger partial charge in [0.15, 0.2) is 0 Å². The first-order chi connectivity index (χ1) is 10.7. The van der Waals surface area contributed by atoms with Crippen LogP contribution in [0.5, 0.6) is 0 Å². The summed E-state index contributed by atoms with van der Waals surface area (Å²) in [4.78, 5) is 11.8. The lowest BCUT2D eigenvalue weighted by Crippen LogP contribution is -2.47. The van der Waals surface area contributed by atoms with Gasteiger partial charge >= 0.3 is 6.09 Å². The molecule has 5 nitrogen and oxygen atoms in total. The molecule has 1 fully saturated rings. The summed E-state index contributed by atoms with van der Waals surface area (Å²) in [6, 6.07) is 0.464. The van der Waals surface area contributed by atoms with Crippen molar-refractivity contribution in [1.29, 1.82) is 0 Å². The predicted octanol–water partition coefficient (Wildman–Crippen LogP) is 2.89. The minimum absolute atomic E-state index is 0.316. The average Bonchev–Trinajstić information content (AvgIpc) is 2.44. The standard InChI is InChI=1S/C18H37N3O2/c1-13(2)15(10-19)12-20-16-9-7-6-8-14(16)11-21-17(22)23-18(3,4)5/h13-16,20H,6-12,19H2,1-5H3,(H,21,22). The van der Waals surface area contributed by atoms with E-state index in [-0.39, 0.29) is 6.09 Å². The molecule has 5 heteroatoms. The second kappa shape index (κ2) is 9.48. The predicted molar refractivity (Wildman–Crippen MR) is 95.4 cm³/mol. The molecule has 0 aliphatic heterocycles. The van der Waals surface area contributed by atoms with Gasteiger partial charge in [0, 0.05) is 12.6 Å². The first kappa shape index (κ1) is 20.2. The topological polar surface area (TPSA) is 76.4 Å². The lowest BCUT2D eigenvalue weighted by atomic mass is 9.83. The lowest BCUT2D eigenvalue weighted by Gasteiger charge is -2.34. The molecule has 0 bridgehead atoms. The van der Waals surface area contributed by atoms with E-state index in [9.17, 15) is 4.79 Å². The second-order valence-corrected chi connectivity index (χ2v) is 8.18. The van der Waals surface area contributed by atoms with E-state index in [0.29, 0.717) is 30.3 Å². The number of hydrogen-bond acceptors (Lipinski definition) is 4. The Hall–Kier alpha value is -0.810. The van der Waals surface area contributed by atoms with Crippen molar-refractivity contribution in [1.82, 2.24) is 10.6 Å². The molecule has 0 aromatic carbocycles. The van der Waals surface area contributed by atoms with Crippen LogP contribution in [0.1, 0.15) is 60.3 Å². The minimum Gasteiger partial charge on any atom is -0.444 e. The number of nitrogens with two attached hydrogens (primary N) is 1. The first-order valence-corrected chi connectivity index (χ1v) is 9.13. The molecule has 1 aliphatic rings. The van der Waals surface area contributed by atoms with Crippen LogP contribution >= 0.6 is 0 Å². The van der Waals surface area contributed by atoms with E-state index in [1.54, 1.807) is 0 Å². The third kappa shape index (κ3) is 8.02. The fraction of sp³-hybridized carbons (Fsp3) is 0.944. The SMILES string of the molecule is CC(C)C(CN)CNC1CCCCC1CNC(=O)OC(C)(C)C. The zero-order valence-electron chi connectivity index (χ0n) is 15.7. The minimum atomic E-state index is -0.445. The Morgan fingerprint density at radius 3 is 2.48 bits per heavy atom. The van der Waals surface area contributed by atoms with E-state index in [4.69, 9.17) is 10.5 Å². The van der Waals surface area contributed by atoms with E-state index in [1.165, 1.54) is 19.3 Å². The fourth-order valence-corrected chi connectivity index (χ4v) is 3.14. The third-order valence-corrected chi connectivity index (χ3v) is 4.70. The summed E-state index contributed by atoms with van der Waals surface area (Å²) in [5.41, 5.74) is 5.42. The maximum Gasteiger partial charge on any atom is 0.407 e. The van der Waals surface area contributed by atoms with Gasteiger partial charge in [0.25, 0.3) is 0 Å². The van der Waals surface area contributed by atoms with Crippen LogP contribution in [0.15, 0.2) is 0 Å². The van der Waals surface area contributed by atoms with Gasteiger partial charge in [-0.05, 0) is 64.5 Å². The molecule has 1 saturated carbocycles. The Labute approximate surface area is 142 Å².